The SMILES string of the molecule is Cc1cc(-c2c(OCC(=O)Cc3ccccn3)nc(N)nc2-c2ccc(F)cc2)cc(C(F)F)n1. The molecule has 0 spiro atoms. The molecule has 10 heteroatoms. The maximum absolute atomic E-state index is 13.6. The van der Waals surface area contributed by atoms with Gasteiger partial charge >= 0.3 is 0 Å². The quantitative estimate of drug-likeness (QED) is 0.389. The zero-order valence-electron chi connectivity index (χ0n) is 18.6. The Morgan fingerprint density at radius 2 is 1.80 bits per heavy atom. The summed E-state index contributed by atoms with van der Waals surface area (Å²) in [5.41, 5.74) is 7.57. The molecule has 4 aromatic rings. The number of Topliss-reactive ketones (excluding diaryl/α,β-unsaturated/α-hetero) is 1. The number of hydrogen-bond acceptors (Lipinski definition) is 7. The van der Waals surface area contributed by atoms with Crippen molar-refractivity contribution in [1.82, 2.24) is 19.9 Å². The number of pyridine rings is 2. The van der Waals surface area contributed by atoms with Crippen LogP contribution in [0, 0.1) is 12.7 Å². The zero-order chi connectivity index (χ0) is 24.9. The minimum Gasteiger partial charge on any atom is -0.469 e. The molecule has 35 heavy (non-hydrogen) atoms. The first-order chi connectivity index (χ1) is 16.8. The van der Waals surface area contributed by atoms with E-state index in [1.165, 1.54) is 30.3 Å². The summed E-state index contributed by atoms with van der Waals surface area (Å²) < 4.78 is 46.3. The lowest BCUT2D eigenvalue weighted by molar-refractivity contribution is -0.120. The fourth-order valence-corrected chi connectivity index (χ4v) is 3.49. The van der Waals surface area contributed by atoms with E-state index in [1.807, 2.05) is 0 Å². The number of carbonyl (C=O) groups excluding carboxylic acids is 1. The predicted molar refractivity (Wildman–Crippen MR) is 123 cm³/mol. The van der Waals surface area contributed by atoms with Gasteiger partial charge in [0.25, 0.3) is 6.43 Å². The molecule has 178 valence electrons. The maximum atomic E-state index is 13.6. The van der Waals surface area contributed by atoms with Crippen molar-refractivity contribution in [2.24, 2.45) is 0 Å². The van der Waals surface area contributed by atoms with Crippen LogP contribution in [0.1, 0.15) is 23.5 Å². The minimum absolute atomic E-state index is 0.0332. The van der Waals surface area contributed by atoms with Gasteiger partial charge in [0.1, 0.15) is 18.1 Å². The van der Waals surface area contributed by atoms with Gasteiger partial charge in [-0.2, -0.15) is 4.98 Å². The third kappa shape index (κ3) is 5.78. The van der Waals surface area contributed by atoms with E-state index in [-0.39, 0.29) is 41.9 Å². The second-order valence-electron chi connectivity index (χ2n) is 7.67. The molecule has 7 nitrogen and oxygen atoms in total. The molecule has 0 radical (unpaired) electrons. The summed E-state index contributed by atoms with van der Waals surface area (Å²) in [4.78, 5) is 28.9. The Bertz CT molecular complexity index is 1350. The summed E-state index contributed by atoms with van der Waals surface area (Å²) in [5.74, 6) is -0.986. The molecule has 0 fully saturated rings. The molecule has 0 aliphatic heterocycles. The number of nitrogen functional groups attached to an aromatic ring is 1. The van der Waals surface area contributed by atoms with Crippen molar-refractivity contribution in [3.8, 4) is 28.3 Å². The first-order valence-corrected chi connectivity index (χ1v) is 10.5. The molecule has 0 bridgehead atoms. The number of nitrogens with zero attached hydrogens (tertiary/aromatic N) is 4. The number of anilines is 1. The van der Waals surface area contributed by atoms with Crippen molar-refractivity contribution in [3.05, 3.63) is 83.7 Å². The van der Waals surface area contributed by atoms with Gasteiger partial charge in [-0.1, -0.05) is 6.07 Å². The van der Waals surface area contributed by atoms with Crippen LogP contribution >= 0.6 is 0 Å². The summed E-state index contributed by atoms with van der Waals surface area (Å²) in [6.45, 7) is 1.21. The standard InChI is InChI=1S/C25H20F3N5O2/c1-14-10-16(11-20(31-14)23(27)28)21-22(15-5-7-17(26)8-6-15)32-25(29)33-24(21)35-13-19(34)12-18-4-2-3-9-30-18/h2-11,23H,12-13H2,1H3,(H2,29,32,33). The van der Waals surface area contributed by atoms with E-state index in [0.29, 0.717) is 22.5 Å². The largest absolute Gasteiger partial charge is 0.469 e. The molecule has 0 unspecified atom stereocenters. The molecular weight excluding hydrogens is 459 g/mol. The first kappa shape index (κ1) is 23.8. The van der Waals surface area contributed by atoms with Gasteiger partial charge in [-0.25, -0.2) is 18.2 Å². The molecule has 0 saturated carbocycles. The highest BCUT2D eigenvalue weighted by molar-refractivity contribution is 5.86. The molecule has 3 heterocycles. The Kier molecular flexibility index (Phi) is 7.00. The summed E-state index contributed by atoms with van der Waals surface area (Å²) >= 11 is 0. The van der Waals surface area contributed by atoms with E-state index in [2.05, 4.69) is 19.9 Å². The van der Waals surface area contributed by atoms with Gasteiger partial charge in [0.05, 0.1) is 17.7 Å². The molecule has 0 atom stereocenters. The van der Waals surface area contributed by atoms with E-state index in [4.69, 9.17) is 10.5 Å². The lowest BCUT2D eigenvalue weighted by atomic mass is 9.99. The summed E-state index contributed by atoms with van der Waals surface area (Å²) in [5, 5.41) is 0. The summed E-state index contributed by atoms with van der Waals surface area (Å²) in [7, 11) is 0. The topological polar surface area (TPSA) is 104 Å². The van der Waals surface area contributed by atoms with Crippen molar-refractivity contribution in [3.63, 3.8) is 0 Å². The highest BCUT2D eigenvalue weighted by atomic mass is 19.3. The number of nitrogens with two attached hydrogens (primary N) is 1. The van der Waals surface area contributed by atoms with Crippen LogP contribution in [0.15, 0.2) is 60.8 Å². The molecule has 4 rings (SSSR count). The number of hydrogen-bond donors (Lipinski definition) is 1. The highest BCUT2D eigenvalue weighted by Crippen LogP contribution is 2.39. The zero-order valence-corrected chi connectivity index (χ0v) is 18.6. The fraction of sp³-hybridized carbons (Fsp3) is 0.160. The van der Waals surface area contributed by atoms with Gasteiger partial charge in [0.15, 0.2) is 5.78 Å². The molecule has 0 amide bonds. The lowest BCUT2D eigenvalue weighted by Crippen LogP contribution is -2.16. The second kappa shape index (κ2) is 10.3. The Balaban J connectivity index is 1.78. The number of ketones is 1. The average molecular weight is 479 g/mol. The predicted octanol–water partition coefficient (Wildman–Crippen LogP) is 4.76. The van der Waals surface area contributed by atoms with Gasteiger partial charge in [-0.3, -0.25) is 14.8 Å². The fourth-order valence-electron chi connectivity index (χ4n) is 3.49. The van der Waals surface area contributed by atoms with Gasteiger partial charge in [-0.05, 0) is 61.0 Å². The first-order valence-electron chi connectivity index (χ1n) is 10.5. The van der Waals surface area contributed by atoms with Crippen LogP contribution < -0.4 is 10.5 Å². The van der Waals surface area contributed by atoms with Crippen molar-refractivity contribution in [1.29, 1.82) is 0 Å². The molecule has 1 aromatic carbocycles. The number of aryl methyl sites for hydroxylation is 1. The van der Waals surface area contributed by atoms with E-state index >= 15 is 0 Å². The van der Waals surface area contributed by atoms with Crippen molar-refractivity contribution in [2.75, 3.05) is 12.3 Å². The Morgan fingerprint density at radius 3 is 2.49 bits per heavy atom. The van der Waals surface area contributed by atoms with Crippen LogP contribution in [0.4, 0.5) is 19.1 Å². The highest BCUT2D eigenvalue weighted by Gasteiger charge is 2.22. The van der Waals surface area contributed by atoms with Crippen molar-refractivity contribution < 1.29 is 22.7 Å². The summed E-state index contributed by atoms with van der Waals surface area (Å²) in [6.07, 6.45) is -1.21. The second-order valence-corrected chi connectivity index (χ2v) is 7.67. The van der Waals surface area contributed by atoms with Crippen LogP contribution in [0.2, 0.25) is 0 Å². The van der Waals surface area contributed by atoms with Crippen LogP contribution in [-0.4, -0.2) is 32.3 Å². The number of carbonyl (C=O) groups is 1. The number of aromatic nitrogens is 4. The van der Waals surface area contributed by atoms with Gasteiger partial charge in [0.2, 0.25) is 11.8 Å². The number of halogens is 3. The molecular formula is C25H20F3N5O2. The molecule has 0 saturated heterocycles. The normalized spacial score (nSPS) is 11.0. The van der Waals surface area contributed by atoms with Gasteiger partial charge in [0, 0.05) is 23.1 Å². The molecule has 2 N–H and O–H groups in total. The van der Waals surface area contributed by atoms with E-state index in [0.717, 1.165) is 0 Å². The van der Waals surface area contributed by atoms with Gasteiger partial charge < -0.3 is 10.5 Å². The molecule has 3 aromatic heterocycles. The van der Waals surface area contributed by atoms with E-state index < -0.39 is 17.9 Å². The van der Waals surface area contributed by atoms with E-state index in [1.54, 1.807) is 37.4 Å². The Hall–Kier alpha value is -4.34. The lowest BCUT2D eigenvalue weighted by Gasteiger charge is -2.16. The molecule has 0 aliphatic rings. The number of ether oxygens (including phenoxy) is 1. The molecule has 0 aliphatic carbocycles. The minimum atomic E-state index is -2.82. The number of alkyl halides is 2. The maximum Gasteiger partial charge on any atom is 0.280 e. The Labute approximate surface area is 198 Å². The third-order valence-corrected chi connectivity index (χ3v) is 4.97. The van der Waals surface area contributed by atoms with Crippen LogP contribution in [-0.2, 0) is 11.2 Å². The van der Waals surface area contributed by atoms with Crippen LogP contribution in [0.3, 0.4) is 0 Å². The van der Waals surface area contributed by atoms with Crippen LogP contribution in [0.25, 0.3) is 22.4 Å². The average Bonchev–Trinajstić information content (AvgIpc) is 2.83. The number of benzene rings is 1. The van der Waals surface area contributed by atoms with E-state index in [9.17, 15) is 18.0 Å². The van der Waals surface area contributed by atoms with Gasteiger partial charge in [-0.15, -0.1) is 0 Å². The third-order valence-electron chi connectivity index (χ3n) is 4.97. The Morgan fingerprint density at radius 1 is 1.03 bits per heavy atom. The summed E-state index contributed by atoms with van der Waals surface area (Å²) in [6, 6.07) is 13.4. The smallest absolute Gasteiger partial charge is 0.280 e. The van der Waals surface area contributed by atoms with Crippen molar-refractivity contribution in [2.45, 2.75) is 19.8 Å². The van der Waals surface area contributed by atoms with Crippen molar-refractivity contribution >= 4 is 11.7 Å². The van der Waals surface area contributed by atoms with Crippen LogP contribution in [0.5, 0.6) is 5.88 Å². The number of rotatable bonds is 8. The monoisotopic (exact) mass is 479 g/mol.